The first-order chi connectivity index (χ1) is 6.86. The van der Waals surface area contributed by atoms with E-state index in [1.165, 1.54) is 6.33 Å². The van der Waals surface area contributed by atoms with Crippen LogP contribution in [0.4, 0.5) is 0 Å². The lowest BCUT2D eigenvalue weighted by Crippen LogP contribution is -2.40. The van der Waals surface area contributed by atoms with Crippen LogP contribution in [0, 0.1) is 0 Å². The van der Waals surface area contributed by atoms with Gasteiger partial charge in [-0.1, -0.05) is 0 Å². The highest BCUT2D eigenvalue weighted by Crippen LogP contribution is 2.04. The molecule has 1 aromatic heterocycles. The molecule has 14 heavy (non-hydrogen) atoms. The molecular formula is C8H13N5O. The Morgan fingerprint density at radius 1 is 1.71 bits per heavy atom. The molecular weight excluding hydrogens is 182 g/mol. The molecule has 1 amide bonds. The third-order valence-corrected chi connectivity index (χ3v) is 2.27. The van der Waals surface area contributed by atoms with Crippen LogP contribution in [0.2, 0.25) is 0 Å². The smallest absolute Gasteiger partial charge is 0.237 e. The van der Waals surface area contributed by atoms with Gasteiger partial charge in [-0.2, -0.15) is 5.10 Å². The van der Waals surface area contributed by atoms with Crippen LogP contribution in [-0.4, -0.2) is 33.7 Å². The highest BCUT2D eigenvalue weighted by atomic mass is 16.2. The fourth-order valence-corrected chi connectivity index (χ4v) is 1.52. The number of carbonyl (C=O) groups is 1. The van der Waals surface area contributed by atoms with Crippen molar-refractivity contribution < 1.29 is 4.79 Å². The van der Waals surface area contributed by atoms with Gasteiger partial charge in [-0.05, 0) is 19.4 Å². The lowest BCUT2D eigenvalue weighted by atomic mass is 10.2. The second-order valence-electron chi connectivity index (χ2n) is 3.30. The summed E-state index contributed by atoms with van der Waals surface area (Å²) in [5, 5.41) is 12.3. The first-order valence-electron chi connectivity index (χ1n) is 4.71. The van der Waals surface area contributed by atoms with Gasteiger partial charge < -0.3 is 10.6 Å². The van der Waals surface area contributed by atoms with Crippen LogP contribution in [0.3, 0.4) is 0 Å². The predicted octanol–water partition coefficient (Wildman–Crippen LogP) is -0.827. The summed E-state index contributed by atoms with van der Waals surface area (Å²) in [5.74, 6) is 0.718. The van der Waals surface area contributed by atoms with E-state index in [1.54, 1.807) is 0 Å². The van der Waals surface area contributed by atoms with E-state index in [1.807, 2.05) is 0 Å². The number of nitrogens with one attached hydrogen (secondary N) is 3. The van der Waals surface area contributed by atoms with Gasteiger partial charge in [0.15, 0.2) is 0 Å². The minimum atomic E-state index is -0.0297. The Hall–Kier alpha value is -1.43. The maximum absolute atomic E-state index is 11.5. The summed E-state index contributed by atoms with van der Waals surface area (Å²) in [6.07, 6.45) is 3.41. The molecule has 1 atom stereocenters. The molecule has 0 spiro atoms. The van der Waals surface area contributed by atoms with E-state index in [4.69, 9.17) is 0 Å². The Bertz CT molecular complexity index is 291. The SMILES string of the molecule is O=C(NCc1ncn[nH]1)[C@H]1CCCN1. The van der Waals surface area contributed by atoms with Crippen molar-refractivity contribution in [1.82, 2.24) is 25.8 Å². The van der Waals surface area contributed by atoms with E-state index in [0.29, 0.717) is 12.4 Å². The fourth-order valence-electron chi connectivity index (χ4n) is 1.52. The van der Waals surface area contributed by atoms with Gasteiger partial charge in [-0.15, -0.1) is 0 Å². The monoisotopic (exact) mass is 195 g/mol. The van der Waals surface area contributed by atoms with Crippen molar-refractivity contribution in [3.05, 3.63) is 12.2 Å². The Labute approximate surface area is 81.5 Å². The maximum Gasteiger partial charge on any atom is 0.237 e. The molecule has 2 rings (SSSR count). The molecule has 1 saturated heterocycles. The quantitative estimate of drug-likeness (QED) is 0.588. The summed E-state index contributed by atoms with van der Waals surface area (Å²) >= 11 is 0. The van der Waals surface area contributed by atoms with Gasteiger partial charge in [0.2, 0.25) is 5.91 Å². The van der Waals surface area contributed by atoms with Crippen molar-refractivity contribution >= 4 is 5.91 Å². The van der Waals surface area contributed by atoms with Gasteiger partial charge >= 0.3 is 0 Å². The zero-order chi connectivity index (χ0) is 9.80. The summed E-state index contributed by atoms with van der Waals surface area (Å²) in [4.78, 5) is 15.4. The number of amides is 1. The van der Waals surface area contributed by atoms with E-state index < -0.39 is 0 Å². The molecule has 0 bridgehead atoms. The van der Waals surface area contributed by atoms with Crippen molar-refractivity contribution in [3.8, 4) is 0 Å². The molecule has 1 aliphatic heterocycles. The molecule has 0 aliphatic carbocycles. The molecule has 76 valence electrons. The van der Waals surface area contributed by atoms with E-state index in [2.05, 4.69) is 25.8 Å². The van der Waals surface area contributed by atoms with Crippen LogP contribution < -0.4 is 10.6 Å². The van der Waals surface area contributed by atoms with E-state index in [-0.39, 0.29) is 11.9 Å². The van der Waals surface area contributed by atoms with Gasteiger partial charge in [0.05, 0.1) is 12.6 Å². The Balaban J connectivity index is 1.77. The molecule has 1 aliphatic rings. The van der Waals surface area contributed by atoms with Crippen LogP contribution in [0.15, 0.2) is 6.33 Å². The number of nitrogens with zero attached hydrogens (tertiary/aromatic N) is 2. The molecule has 1 aromatic rings. The highest BCUT2D eigenvalue weighted by molar-refractivity contribution is 5.81. The number of hydrogen-bond donors (Lipinski definition) is 3. The second-order valence-corrected chi connectivity index (χ2v) is 3.30. The largest absolute Gasteiger partial charge is 0.347 e. The first-order valence-corrected chi connectivity index (χ1v) is 4.71. The van der Waals surface area contributed by atoms with Crippen molar-refractivity contribution in [1.29, 1.82) is 0 Å². The Morgan fingerprint density at radius 3 is 3.29 bits per heavy atom. The molecule has 2 heterocycles. The van der Waals surface area contributed by atoms with Crippen LogP contribution >= 0.6 is 0 Å². The van der Waals surface area contributed by atoms with Crippen LogP contribution in [-0.2, 0) is 11.3 Å². The normalized spacial score (nSPS) is 21.0. The minimum Gasteiger partial charge on any atom is -0.347 e. The summed E-state index contributed by atoms with van der Waals surface area (Å²) in [6.45, 7) is 1.34. The summed E-state index contributed by atoms with van der Waals surface area (Å²) in [7, 11) is 0. The molecule has 0 aromatic carbocycles. The van der Waals surface area contributed by atoms with Gasteiger partial charge in [0.1, 0.15) is 12.2 Å². The molecule has 1 fully saturated rings. The first kappa shape index (κ1) is 9.14. The molecule has 3 N–H and O–H groups in total. The van der Waals surface area contributed by atoms with Gasteiger partial charge in [-0.3, -0.25) is 9.89 Å². The number of hydrogen-bond acceptors (Lipinski definition) is 4. The maximum atomic E-state index is 11.5. The van der Waals surface area contributed by atoms with Gasteiger partial charge in [-0.25, -0.2) is 4.98 Å². The number of aromatic nitrogens is 3. The standard InChI is InChI=1S/C8H13N5O/c14-8(6-2-1-3-9-6)10-4-7-11-5-12-13-7/h5-6,9H,1-4H2,(H,10,14)(H,11,12,13)/t6-/m1/s1. The Kier molecular flexibility index (Phi) is 2.73. The third-order valence-electron chi connectivity index (χ3n) is 2.27. The topological polar surface area (TPSA) is 82.7 Å². The van der Waals surface area contributed by atoms with E-state index in [9.17, 15) is 4.79 Å². The summed E-state index contributed by atoms with van der Waals surface area (Å²) in [5.41, 5.74) is 0. The average Bonchev–Trinajstić information content (AvgIpc) is 2.87. The number of aromatic amines is 1. The molecule has 0 saturated carbocycles. The number of H-pyrrole nitrogens is 1. The Morgan fingerprint density at radius 2 is 2.64 bits per heavy atom. The zero-order valence-electron chi connectivity index (χ0n) is 7.79. The van der Waals surface area contributed by atoms with Crippen LogP contribution in [0.25, 0.3) is 0 Å². The average molecular weight is 195 g/mol. The predicted molar refractivity (Wildman–Crippen MR) is 49.3 cm³/mol. The van der Waals surface area contributed by atoms with E-state index in [0.717, 1.165) is 19.4 Å². The minimum absolute atomic E-state index is 0.0297. The molecule has 6 nitrogen and oxygen atoms in total. The number of carbonyl (C=O) groups excluding carboxylic acids is 1. The van der Waals surface area contributed by atoms with Crippen LogP contribution in [0.5, 0.6) is 0 Å². The van der Waals surface area contributed by atoms with E-state index >= 15 is 0 Å². The van der Waals surface area contributed by atoms with Crippen molar-refractivity contribution in [2.24, 2.45) is 0 Å². The third kappa shape index (κ3) is 2.08. The van der Waals surface area contributed by atoms with Crippen molar-refractivity contribution in [2.75, 3.05) is 6.54 Å². The molecule has 0 unspecified atom stereocenters. The molecule has 6 heteroatoms. The highest BCUT2D eigenvalue weighted by Gasteiger charge is 2.21. The fraction of sp³-hybridized carbons (Fsp3) is 0.625. The summed E-state index contributed by atoms with van der Waals surface area (Å²) in [6, 6.07) is -0.0297. The summed E-state index contributed by atoms with van der Waals surface area (Å²) < 4.78 is 0. The molecule has 0 radical (unpaired) electrons. The second kappa shape index (κ2) is 4.19. The number of rotatable bonds is 3. The zero-order valence-corrected chi connectivity index (χ0v) is 7.79. The van der Waals surface area contributed by atoms with Gasteiger partial charge in [0, 0.05) is 0 Å². The lowest BCUT2D eigenvalue weighted by Gasteiger charge is -2.09. The van der Waals surface area contributed by atoms with Crippen LogP contribution in [0.1, 0.15) is 18.7 Å². The van der Waals surface area contributed by atoms with Crippen molar-refractivity contribution in [3.63, 3.8) is 0 Å². The van der Waals surface area contributed by atoms with Gasteiger partial charge in [0.25, 0.3) is 0 Å². The van der Waals surface area contributed by atoms with Crippen molar-refractivity contribution in [2.45, 2.75) is 25.4 Å². The lowest BCUT2D eigenvalue weighted by molar-refractivity contribution is -0.122.